The Bertz CT molecular complexity index is 575. The third-order valence-electron chi connectivity index (χ3n) is 3.82. The fourth-order valence-corrected chi connectivity index (χ4v) is 2.98. The van der Waals surface area contributed by atoms with Crippen LogP contribution in [0.2, 0.25) is 0 Å². The molecule has 4 heteroatoms. The van der Waals surface area contributed by atoms with Gasteiger partial charge in [-0.3, -0.25) is 0 Å². The first-order valence-corrected chi connectivity index (χ1v) is 6.68. The maximum atomic E-state index is 11.4. The van der Waals surface area contributed by atoms with E-state index in [9.17, 15) is 9.90 Å². The summed E-state index contributed by atoms with van der Waals surface area (Å²) in [5.74, 6) is -0.100. The summed E-state index contributed by atoms with van der Waals surface area (Å²) >= 11 is 0. The van der Waals surface area contributed by atoms with Gasteiger partial charge >= 0.3 is 5.97 Å². The molecule has 108 valence electrons. The third kappa shape index (κ3) is 2.26. The first kappa shape index (κ1) is 14.4. The predicted octanol–water partition coefficient (Wildman–Crippen LogP) is 3.17. The van der Waals surface area contributed by atoms with Crippen molar-refractivity contribution in [2.24, 2.45) is 0 Å². The number of carboxylic acids is 1. The van der Waals surface area contributed by atoms with Crippen molar-refractivity contribution in [3.8, 4) is 5.75 Å². The Morgan fingerprint density at radius 2 is 2.05 bits per heavy atom. The Morgan fingerprint density at radius 3 is 2.60 bits per heavy atom. The van der Waals surface area contributed by atoms with E-state index in [0.717, 1.165) is 22.6 Å². The number of carbonyl (C=O) groups is 1. The van der Waals surface area contributed by atoms with E-state index in [2.05, 4.69) is 13.0 Å². The van der Waals surface area contributed by atoms with Crippen LogP contribution in [0.4, 0.5) is 5.69 Å². The van der Waals surface area contributed by atoms with Crippen molar-refractivity contribution in [1.82, 2.24) is 0 Å². The highest BCUT2D eigenvalue weighted by atomic mass is 16.5. The first-order chi connectivity index (χ1) is 9.27. The molecule has 1 heterocycles. The molecule has 0 bridgehead atoms. The molecule has 1 N–H and O–H groups in total. The third-order valence-corrected chi connectivity index (χ3v) is 3.82. The number of hydrogen-bond donors (Lipinski definition) is 1. The van der Waals surface area contributed by atoms with Crippen LogP contribution in [-0.2, 0) is 4.79 Å². The average Bonchev–Trinajstić information content (AvgIpc) is 2.36. The number of rotatable bonds is 3. The molecule has 4 nitrogen and oxygen atoms in total. The number of nitrogens with zero attached hydrogens (tertiary/aromatic N) is 1. The largest absolute Gasteiger partial charge is 0.497 e. The van der Waals surface area contributed by atoms with E-state index in [1.165, 1.54) is 0 Å². The molecular weight excluding hydrogens is 254 g/mol. The van der Waals surface area contributed by atoms with Crippen LogP contribution >= 0.6 is 0 Å². The summed E-state index contributed by atoms with van der Waals surface area (Å²) < 4.78 is 5.28. The van der Waals surface area contributed by atoms with Gasteiger partial charge in [0.2, 0.25) is 0 Å². The van der Waals surface area contributed by atoms with Gasteiger partial charge in [0.15, 0.2) is 0 Å². The van der Waals surface area contributed by atoms with Crippen LogP contribution in [0.5, 0.6) is 5.75 Å². The van der Waals surface area contributed by atoms with Crippen LogP contribution in [0, 0.1) is 0 Å². The number of anilines is 1. The molecule has 1 aromatic rings. The van der Waals surface area contributed by atoms with Crippen molar-refractivity contribution in [2.75, 3.05) is 12.0 Å². The molecule has 0 saturated carbocycles. The summed E-state index contributed by atoms with van der Waals surface area (Å²) in [6.45, 7) is 7.81. The number of ether oxygens (including phenoxy) is 1. The minimum atomic E-state index is -0.834. The second-order valence-electron chi connectivity index (χ2n) is 5.75. The summed E-state index contributed by atoms with van der Waals surface area (Å²) in [5.41, 5.74) is 2.75. The molecule has 0 saturated heterocycles. The minimum Gasteiger partial charge on any atom is -0.497 e. The number of benzene rings is 1. The quantitative estimate of drug-likeness (QED) is 0.920. The van der Waals surface area contributed by atoms with Gasteiger partial charge in [0.1, 0.15) is 11.8 Å². The highest BCUT2D eigenvalue weighted by Gasteiger charge is 2.37. The van der Waals surface area contributed by atoms with Gasteiger partial charge in [0, 0.05) is 17.3 Å². The molecule has 1 atom stereocenters. The molecule has 0 aromatic heterocycles. The standard InChI is InChI=1S/C16H21NO3/c1-10-9-16(3,4)17(11(2)15(18)19)14-8-12(20-5)6-7-13(10)14/h6-9,11H,1-5H3,(H,18,19)/t11-/m1/s1. The maximum Gasteiger partial charge on any atom is 0.326 e. The second-order valence-corrected chi connectivity index (χ2v) is 5.75. The van der Waals surface area contributed by atoms with Crippen LogP contribution < -0.4 is 9.64 Å². The van der Waals surface area contributed by atoms with E-state index in [0.29, 0.717) is 0 Å². The van der Waals surface area contributed by atoms with Crippen LogP contribution in [0.1, 0.15) is 33.3 Å². The van der Waals surface area contributed by atoms with E-state index in [4.69, 9.17) is 4.74 Å². The van der Waals surface area contributed by atoms with E-state index in [1.807, 2.05) is 36.9 Å². The topological polar surface area (TPSA) is 49.8 Å². The molecule has 0 amide bonds. The molecule has 1 aliphatic heterocycles. The van der Waals surface area contributed by atoms with Gasteiger partial charge in [-0.25, -0.2) is 4.79 Å². The highest BCUT2D eigenvalue weighted by Crippen LogP contribution is 2.41. The Hall–Kier alpha value is -1.97. The molecule has 0 unspecified atom stereocenters. The maximum absolute atomic E-state index is 11.4. The molecule has 20 heavy (non-hydrogen) atoms. The van der Waals surface area contributed by atoms with E-state index in [-0.39, 0.29) is 5.54 Å². The zero-order chi connectivity index (χ0) is 15.1. The smallest absolute Gasteiger partial charge is 0.326 e. The predicted molar refractivity (Wildman–Crippen MR) is 80.3 cm³/mol. The summed E-state index contributed by atoms with van der Waals surface area (Å²) in [7, 11) is 1.61. The zero-order valence-electron chi connectivity index (χ0n) is 12.6. The Balaban J connectivity index is 2.65. The molecule has 0 aliphatic carbocycles. The number of hydrogen-bond acceptors (Lipinski definition) is 3. The van der Waals surface area contributed by atoms with Gasteiger partial charge < -0.3 is 14.7 Å². The molecule has 0 fully saturated rings. The normalized spacial score (nSPS) is 18.1. The Kier molecular flexibility index (Phi) is 3.50. The highest BCUT2D eigenvalue weighted by molar-refractivity contribution is 5.87. The Labute approximate surface area is 119 Å². The van der Waals surface area contributed by atoms with E-state index in [1.54, 1.807) is 14.0 Å². The van der Waals surface area contributed by atoms with Gasteiger partial charge in [-0.15, -0.1) is 0 Å². The lowest BCUT2D eigenvalue weighted by Gasteiger charge is -2.45. The fourth-order valence-electron chi connectivity index (χ4n) is 2.98. The summed E-state index contributed by atoms with van der Waals surface area (Å²) in [4.78, 5) is 13.4. The van der Waals surface area contributed by atoms with Crippen molar-refractivity contribution in [3.05, 3.63) is 29.8 Å². The molecular formula is C16H21NO3. The lowest BCUT2D eigenvalue weighted by molar-refractivity contribution is -0.138. The number of methoxy groups -OCH3 is 1. The van der Waals surface area contributed by atoms with E-state index < -0.39 is 12.0 Å². The monoisotopic (exact) mass is 275 g/mol. The summed E-state index contributed by atoms with van der Waals surface area (Å²) in [5, 5.41) is 9.39. The van der Waals surface area contributed by atoms with Gasteiger partial charge in [0.05, 0.1) is 12.6 Å². The minimum absolute atomic E-state index is 0.360. The zero-order valence-corrected chi connectivity index (χ0v) is 12.6. The number of fused-ring (bicyclic) bond motifs is 1. The fraction of sp³-hybridized carbons (Fsp3) is 0.438. The van der Waals surface area contributed by atoms with Gasteiger partial charge in [-0.2, -0.15) is 0 Å². The summed E-state index contributed by atoms with van der Waals surface area (Å²) in [6.07, 6.45) is 2.11. The Morgan fingerprint density at radius 1 is 1.40 bits per heavy atom. The molecule has 1 aliphatic rings. The average molecular weight is 275 g/mol. The number of allylic oxidation sites excluding steroid dienone is 1. The van der Waals surface area contributed by atoms with Crippen LogP contribution in [0.25, 0.3) is 5.57 Å². The van der Waals surface area contributed by atoms with Gasteiger partial charge in [-0.05, 0) is 45.4 Å². The number of carboxylic acid groups (broad SMARTS) is 1. The van der Waals surface area contributed by atoms with Crippen LogP contribution in [0.3, 0.4) is 0 Å². The molecule has 0 spiro atoms. The van der Waals surface area contributed by atoms with Gasteiger partial charge in [-0.1, -0.05) is 6.08 Å². The molecule has 0 radical (unpaired) electrons. The van der Waals surface area contributed by atoms with Gasteiger partial charge in [0.25, 0.3) is 0 Å². The van der Waals surface area contributed by atoms with Crippen molar-refractivity contribution < 1.29 is 14.6 Å². The van der Waals surface area contributed by atoms with Crippen molar-refractivity contribution in [1.29, 1.82) is 0 Å². The van der Waals surface area contributed by atoms with Crippen molar-refractivity contribution >= 4 is 17.2 Å². The first-order valence-electron chi connectivity index (χ1n) is 6.68. The van der Waals surface area contributed by atoms with Crippen molar-refractivity contribution in [2.45, 2.75) is 39.3 Å². The van der Waals surface area contributed by atoms with Crippen molar-refractivity contribution in [3.63, 3.8) is 0 Å². The lowest BCUT2D eigenvalue weighted by Crippen LogP contribution is -2.53. The molecule has 1 aromatic carbocycles. The van der Waals surface area contributed by atoms with Crippen LogP contribution in [-0.4, -0.2) is 29.8 Å². The van der Waals surface area contributed by atoms with E-state index >= 15 is 0 Å². The second kappa shape index (κ2) is 4.85. The van der Waals surface area contributed by atoms with Crippen LogP contribution in [0.15, 0.2) is 24.3 Å². The summed E-state index contributed by atoms with van der Waals surface area (Å²) in [6, 6.07) is 5.18. The SMILES string of the molecule is COc1ccc2c(c1)N([C@H](C)C(=O)O)C(C)(C)C=C2C. The lowest BCUT2D eigenvalue weighted by atomic mass is 9.87. The number of aliphatic carboxylic acids is 1. The molecule has 2 rings (SSSR count).